The molecule has 0 unspecified atom stereocenters. The second-order valence-electron chi connectivity index (χ2n) is 3.01. The van der Waals surface area contributed by atoms with Crippen molar-refractivity contribution in [3.05, 3.63) is 33.7 Å². The zero-order valence-electron chi connectivity index (χ0n) is 8.81. The molecule has 7 heteroatoms. The van der Waals surface area contributed by atoms with Gasteiger partial charge >= 0.3 is 0 Å². The van der Waals surface area contributed by atoms with Gasteiger partial charge in [-0.25, -0.2) is 0 Å². The van der Waals surface area contributed by atoms with Crippen LogP contribution in [0.3, 0.4) is 0 Å². The van der Waals surface area contributed by atoms with Crippen LogP contribution in [-0.4, -0.2) is 23.2 Å². The molecule has 2 rings (SSSR count). The van der Waals surface area contributed by atoms with E-state index in [1.807, 2.05) is 6.07 Å². The molecule has 0 saturated heterocycles. The van der Waals surface area contributed by atoms with Gasteiger partial charge in [0, 0.05) is 0 Å². The highest BCUT2D eigenvalue weighted by Gasteiger charge is 2.13. The van der Waals surface area contributed by atoms with E-state index in [1.165, 1.54) is 7.11 Å². The first-order chi connectivity index (χ1) is 8.20. The molecule has 1 N–H and O–H groups in total. The van der Waals surface area contributed by atoms with Crippen LogP contribution in [0.2, 0.25) is 4.47 Å². The van der Waals surface area contributed by atoms with Gasteiger partial charge in [-0.3, -0.25) is 4.79 Å². The van der Waals surface area contributed by atoms with Crippen LogP contribution in [0.15, 0.2) is 24.3 Å². The lowest BCUT2D eigenvalue weighted by atomic mass is 10.3. The molecule has 0 aliphatic rings. The van der Waals surface area contributed by atoms with Gasteiger partial charge in [0.1, 0.15) is 5.75 Å². The fraction of sp³-hybridized carbons (Fsp3) is 0.100. The number of aromatic nitrogens is 2. The van der Waals surface area contributed by atoms with Crippen molar-refractivity contribution in [3.8, 4) is 5.75 Å². The number of nitrogens with one attached hydrogen (secondary N) is 1. The highest BCUT2D eigenvalue weighted by molar-refractivity contribution is 7.17. The van der Waals surface area contributed by atoms with Crippen LogP contribution >= 0.6 is 22.9 Å². The zero-order chi connectivity index (χ0) is 12.3. The Kier molecular flexibility index (Phi) is 3.55. The second-order valence-corrected chi connectivity index (χ2v) is 4.57. The molecule has 0 radical (unpaired) electrons. The molecule has 0 aliphatic carbocycles. The Balaban J connectivity index is 2.18. The minimum atomic E-state index is -0.362. The van der Waals surface area contributed by atoms with Crippen LogP contribution in [0, 0.1) is 0 Å². The highest BCUT2D eigenvalue weighted by Crippen LogP contribution is 2.24. The molecule has 5 nitrogen and oxygen atoms in total. The molecule has 0 spiro atoms. The summed E-state index contributed by atoms with van der Waals surface area (Å²) in [4.78, 5) is 11.8. The molecule has 1 aromatic heterocycles. The van der Waals surface area contributed by atoms with Gasteiger partial charge in [-0.15, -0.1) is 10.2 Å². The maximum atomic E-state index is 11.8. The minimum Gasteiger partial charge on any atom is -0.495 e. The highest BCUT2D eigenvalue weighted by atomic mass is 35.5. The van der Waals surface area contributed by atoms with Crippen molar-refractivity contribution in [1.82, 2.24) is 10.2 Å². The fourth-order valence-electron chi connectivity index (χ4n) is 1.22. The number of benzene rings is 1. The summed E-state index contributed by atoms with van der Waals surface area (Å²) >= 11 is 6.63. The zero-order valence-corrected chi connectivity index (χ0v) is 10.4. The molecule has 0 atom stereocenters. The third-order valence-corrected chi connectivity index (χ3v) is 2.97. The van der Waals surface area contributed by atoms with E-state index in [-0.39, 0.29) is 15.4 Å². The Morgan fingerprint density at radius 2 is 2.18 bits per heavy atom. The average molecular weight is 270 g/mol. The van der Waals surface area contributed by atoms with Gasteiger partial charge < -0.3 is 10.1 Å². The Hall–Kier alpha value is -1.66. The summed E-state index contributed by atoms with van der Waals surface area (Å²) in [5.41, 5.74) is 0.575. The molecule has 2 aromatic rings. The van der Waals surface area contributed by atoms with Crippen LogP contribution < -0.4 is 10.1 Å². The van der Waals surface area contributed by atoms with Crippen LogP contribution in [0.1, 0.15) is 9.80 Å². The molecular formula is C10H8ClN3O2S. The summed E-state index contributed by atoms with van der Waals surface area (Å²) < 4.78 is 5.35. The number of halogens is 1. The van der Waals surface area contributed by atoms with Crippen LogP contribution in [0.5, 0.6) is 5.75 Å². The predicted molar refractivity (Wildman–Crippen MR) is 65.9 cm³/mol. The molecule has 1 heterocycles. The maximum Gasteiger partial charge on any atom is 0.286 e. The lowest BCUT2D eigenvalue weighted by Crippen LogP contribution is -2.12. The summed E-state index contributed by atoms with van der Waals surface area (Å²) in [6, 6.07) is 7.10. The maximum absolute atomic E-state index is 11.8. The Morgan fingerprint density at radius 3 is 2.82 bits per heavy atom. The quantitative estimate of drug-likeness (QED) is 0.930. The number of carbonyl (C=O) groups is 1. The van der Waals surface area contributed by atoms with Crippen molar-refractivity contribution in [3.63, 3.8) is 0 Å². The summed E-state index contributed by atoms with van der Waals surface area (Å²) in [7, 11) is 1.53. The molecule has 88 valence electrons. The van der Waals surface area contributed by atoms with E-state index < -0.39 is 0 Å². The summed E-state index contributed by atoms with van der Waals surface area (Å²) in [6.07, 6.45) is 0. The number of amides is 1. The number of hydrogen-bond donors (Lipinski definition) is 1. The van der Waals surface area contributed by atoms with Gasteiger partial charge in [0.25, 0.3) is 5.91 Å². The average Bonchev–Trinajstić information content (AvgIpc) is 2.77. The number of nitrogens with zero attached hydrogens (tertiary/aromatic N) is 2. The lowest BCUT2D eigenvalue weighted by molar-refractivity contribution is 0.102. The standard InChI is InChI=1S/C10H8ClN3O2S/c1-16-7-5-3-2-4-6(7)12-8(15)9-13-14-10(11)17-9/h2-5H,1H3,(H,12,15). The molecule has 1 aromatic carbocycles. The molecular weight excluding hydrogens is 262 g/mol. The van der Waals surface area contributed by atoms with E-state index in [1.54, 1.807) is 18.2 Å². The molecule has 0 fully saturated rings. The normalized spacial score (nSPS) is 10.0. The van der Waals surface area contributed by atoms with E-state index in [0.717, 1.165) is 11.3 Å². The summed E-state index contributed by atoms with van der Waals surface area (Å²) in [6.45, 7) is 0. The number of methoxy groups -OCH3 is 1. The van der Waals surface area contributed by atoms with Gasteiger partial charge in [-0.2, -0.15) is 0 Å². The molecule has 0 bridgehead atoms. The van der Waals surface area contributed by atoms with Gasteiger partial charge in [-0.1, -0.05) is 23.5 Å². The van der Waals surface area contributed by atoms with E-state index in [2.05, 4.69) is 15.5 Å². The van der Waals surface area contributed by atoms with E-state index in [4.69, 9.17) is 16.3 Å². The topological polar surface area (TPSA) is 64.1 Å². The van der Waals surface area contributed by atoms with E-state index in [0.29, 0.717) is 11.4 Å². The fourth-order valence-corrected chi connectivity index (χ4v) is 1.94. The van der Waals surface area contributed by atoms with Gasteiger partial charge in [0.2, 0.25) is 9.47 Å². The first kappa shape index (κ1) is 11.8. The number of carbonyl (C=O) groups excluding carboxylic acids is 1. The van der Waals surface area contributed by atoms with Crippen molar-refractivity contribution in [2.45, 2.75) is 0 Å². The molecule has 0 aliphatic heterocycles. The third-order valence-electron chi connectivity index (χ3n) is 1.95. The summed E-state index contributed by atoms with van der Waals surface area (Å²) in [5.74, 6) is 0.218. The van der Waals surface area contributed by atoms with Crippen LogP contribution in [0.25, 0.3) is 0 Å². The van der Waals surface area contributed by atoms with E-state index in [9.17, 15) is 4.79 Å². The first-order valence-corrected chi connectivity index (χ1v) is 5.83. The molecule has 17 heavy (non-hydrogen) atoms. The lowest BCUT2D eigenvalue weighted by Gasteiger charge is -2.07. The van der Waals surface area contributed by atoms with Crippen LogP contribution in [0.4, 0.5) is 5.69 Å². The number of anilines is 1. The monoisotopic (exact) mass is 269 g/mol. The SMILES string of the molecule is COc1ccccc1NC(=O)c1nnc(Cl)s1. The van der Waals surface area contributed by atoms with Gasteiger partial charge in [0.15, 0.2) is 0 Å². The van der Waals surface area contributed by atoms with Crippen molar-refractivity contribution >= 4 is 34.5 Å². The smallest absolute Gasteiger partial charge is 0.286 e. The van der Waals surface area contributed by atoms with Gasteiger partial charge in [0.05, 0.1) is 12.8 Å². The second kappa shape index (κ2) is 5.11. The first-order valence-electron chi connectivity index (χ1n) is 4.64. The van der Waals surface area contributed by atoms with Crippen molar-refractivity contribution in [2.24, 2.45) is 0 Å². The molecule has 1 amide bonds. The number of ether oxygens (including phenoxy) is 1. The number of rotatable bonds is 3. The minimum absolute atomic E-state index is 0.209. The van der Waals surface area contributed by atoms with Crippen LogP contribution in [-0.2, 0) is 0 Å². The number of para-hydroxylation sites is 2. The summed E-state index contributed by atoms with van der Waals surface area (Å²) in [5, 5.41) is 10.1. The number of hydrogen-bond acceptors (Lipinski definition) is 5. The van der Waals surface area contributed by atoms with Crippen molar-refractivity contribution < 1.29 is 9.53 Å². The van der Waals surface area contributed by atoms with E-state index >= 15 is 0 Å². The Morgan fingerprint density at radius 1 is 1.41 bits per heavy atom. The Bertz CT molecular complexity index is 544. The largest absolute Gasteiger partial charge is 0.495 e. The molecule has 0 saturated carbocycles. The van der Waals surface area contributed by atoms with Crippen molar-refractivity contribution in [1.29, 1.82) is 0 Å². The predicted octanol–water partition coefficient (Wildman–Crippen LogP) is 2.45. The third kappa shape index (κ3) is 2.72. The Labute approximate surface area is 106 Å². The van der Waals surface area contributed by atoms with Crippen molar-refractivity contribution in [2.75, 3.05) is 12.4 Å². The van der Waals surface area contributed by atoms with Gasteiger partial charge in [-0.05, 0) is 23.7 Å².